The van der Waals surface area contributed by atoms with Crippen LogP contribution in [0.25, 0.3) is 0 Å². The van der Waals surface area contributed by atoms with E-state index in [0.29, 0.717) is 5.75 Å². The van der Waals surface area contributed by atoms with Gasteiger partial charge in [0.25, 0.3) is 0 Å². The number of carbonyl (C=O) groups excluding carboxylic acids is 1. The first-order valence-corrected chi connectivity index (χ1v) is 9.45. The normalized spacial score (nSPS) is 12.7. The lowest BCUT2D eigenvalue weighted by Crippen LogP contribution is -2.46. The van der Waals surface area contributed by atoms with Crippen LogP contribution in [-0.4, -0.2) is 43.3 Å². The van der Waals surface area contributed by atoms with Crippen molar-refractivity contribution in [3.05, 3.63) is 24.3 Å². The molecule has 0 unspecified atom stereocenters. The van der Waals surface area contributed by atoms with Gasteiger partial charge in [-0.05, 0) is 44.0 Å². The maximum absolute atomic E-state index is 12.0. The quantitative estimate of drug-likeness (QED) is 0.603. The lowest BCUT2D eigenvalue weighted by molar-refractivity contribution is -0.142. The summed E-state index contributed by atoms with van der Waals surface area (Å²) < 4.78 is 31.8. The van der Waals surface area contributed by atoms with Gasteiger partial charge >= 0.3 is 5.97 Å². The summed E-state index contributed by atoms with van der Waals surface area (Å²) in [4.78, 5) is 22.9. The van der Waals surface area contributed by atoms with Gasteiger partial charge in [0.15, 0.2) is 0 Å². The smallest absolute Gasteiger partial charge is 0.326 e. The van der Waals surface area contributed by atoms with Crippen LogP contribution in [0.1, 0.15) is 27.7 Å². The average molecular weight is 372 g/mol. The Morgan fingerprint density at radius 3 is 2.12 bits per heavy atom. The largest absolute Gasteiger partial charge is 0.491 e. The van der Waals surface area contributed by atoms with Gasteiger partial charge in [-0.15, -0.1) is 0 Å². The predicted octanol–water partition coefficient (Wildman–Crippen LogP) is 1.44. The van der Waals surface area contributed by atoms with Crippen molar-refractivity contribution in [3.63, 3.8) is 0 Å². The number of anilines is 1. The van der Waals surface area contributed by atoms with Gasteiger partial charge in [-0.1, -0.05) is 13.8 Å². The van der Waals surface area contributed by atoms with Crippen molar-refractivity contribution >= 4 is 27.6 Å². The number of hydrogen-bond acceptors (Lipinski definition) is 5. The van der Waals surface area contributed by atoms with Crippen LogP contribution in [0.2, 0.25) is 0 Å². The summed E-state index contributed by atoms with van der Waals surface area (Å²) in [5.74, 6) is -2.74. The minimum absolute atomic E-state index is 0.00521. The molecule has 0 radical (unpaired) electrons. The van der Waals surface area contributed by atoms with E-state index >= 15 is 0 Å². The van der Waals surface area contributed by atoms with Gasteiger partial charge in [-0.3, -0.25) is 9.52 Å². The maximum Gasteiger partial charge on any atom is 0.326 e. The van der Waals surface area contributed by atoms with Gasteiger partial charge < -0.3 is 15.2 Å². The predicted molar refractivity (Wildman–Crippen MR) is 94.0 cm³/mol. The second-order valence-electron chi connectivity index (χ2n) is 6.18. The number of hydrogen-bond donors (Lipinski definition) is 3. The number of ether oxygens (including phenoxy) is 1. The number of benzene rings is 1. The van der Waals surface area contributed by atoms with Crippen molar-refractivity contribution in [3.8, 4) is 5.75 Å². The summed E-state index contributed by atoms with van der Waals surface area (Å²) in [5, 5.41) is 11.2. The summed E-state index contributed by atoms with van der Waals surface area (Å²) in [6.45, 7) is 6.98. The molecule has 0 aliphatic heterocycles. The fourth-order valence-corrected chi connectivity index (χ4v) is 2.99. The van der Waals surface area contributed by atoms with E-state index in [0.717, 1.165) is 0 Å². The molecule has 0 aromatic heterocycles. The highest BCUT2D eigenvalue weighted by atomic mass is 32.2. The third-order valence-corrected chi connectivity index (χ3v) is 4.26. The zero-order valence-electron chi connectivity index (χ0n) is 14.6. The third kappa shape index (κ3) is 7.42. The van der Waals surface area contributed by atoms with Crippen LogP contribution in [0.15, 0.2) is 24.3 Å². The minimum Gasteiger partial charge on any atom is -0.491 e. The van der Waals surface area contributed by atoms with E-state index in [1.165, 1.54) is 12.1 Å². The number of carboxylic acids is 1. The molecule has 1 rings (SSSR count). The molecule has 1 aromatic rings. The highest BCUT2D eigenvalue weighted by molar-refractivity contribution is 7.93. The average Bonchev–Trinajstić information content (AvgIpc) is 2.44. The van der Waals surface area contributed by atoms with Crippen molar-refractivity contribution < 1.29 is 27.9 Å². The number of sulfonamides is 1. The van der Waals surface area contributed by atoms with E-state index in [4.69, 9.17) is 9.84 Å². The fraction of sp³-hybridized carbons (Fsp3) is 0.500. The lowest BCUT2D eigenvalue weighted by atomic mass is 10.1. The topological polar surface area (TPSA) is 122 Å². The molecule has 8 nitrogen and oxygen atoms in total. The van der Waals surface area contributed by atoms with Crippen LogP contribution in [0.5, 0.6) is 5.75 Å². The molecule has 9 heteroatoms. The zero-order chi connectivity index (χ0) is 19.2. The molecular weight excluding hydrogens is 348 g/mol. The van der Waals surface area contributed by atoms with Crippen molar-refractivity contribution in [2.75, 3.05) is 10.5 Å². The van der Waals surface area contributed by atoms with Gasteiger partial charge in [-0.25, -0.2) is 13.2 Å². The van der Waals surface area contributed by atoms with Crippen molar-refractivity contribution in [1.82, 2.24) is 5.32 Å². The van der Waals surface area contributed by atoms with Gasteiger partial charge in [-0.2, -0.15) is 0 Å². The Balaban J connectivity index is 2.69. The summed E-state index contributed by atoms with van der Waals surface area (Å²) in [5.41, 5.74) is 0.280. The van der Waals surface area contributed by atoms with Crippen molar-refractivity contribution in [1.29, 1.82) is 0 Å². The van der Waals surface area contributed by atoms with Crippen LogP contribution in [0, 0.1) is 5.92 Å². The third-order valence-electron chi connectivity index (χ3n) is 3.07. The van der Waals surface area contributed by atoms with E-state index in [9.17, 15) is 18.0 Å². The molecule has 1 atom stereocenters. The molecule has 1 aromatic carbocycles. The molecule has 0 saturated heterocycles. The van der Waals surface area contributed by atoms with Crippen LogP contribution in [0.4, 0.5) is 5.69 Å². The molecule has 0 bridgehead atoms. The molecule has 0 fully saturated rings. The monoisotopic (exact) mass is 372 g/mol. The van der Waals surface area contributed by atoms with E-state index < -0.39 is 33.7 Å². The van der Waals surface area contributed by atoms with E-state index in [-0.39, 0.29) is 17.7 Å². The lowest BCUT2D eigenvalue weighted by Gasteiger charge is -2.18. The number of carbonyl (C=O) groups is 2. The second-order valence-corrected chi connectivity index (χ2v) is 7.90. The van der Waals surface area contributed by atoms with E-state index in [1.54, 1.807) is 26.0 Å². The SMILES string of the molecule is CC(C)Oc1ccc(NS(=O)(=O)CC(=O)N[C@H](C(=O)O)C(C)C)cc1. The first-order chi connectivity index (χ1) is 11.5. The molecule has 3 N–H and O–H groups in total. The van der Waals surface area contributed by atoms with Gasteiger partial charge in [0.05, 0.1) is 6.10 Å². The van der Waals surface area contributed by atoms with Crippen LogP contribution < -0.4 is 14.8 Å². The van der Waals surface area contributed by atoms with Gasteiger partial charge in [0.2, 0.25) is 15.9 Å². The summed E-state index contributed by atoms with van der Waals surface area (Å²) in [7, 11) is -3.96. The second kappa shape index (κ2) is 8.70. The summed E-state index contributed by atoms with van der Waals surface area (Å²) in [6.07, 6.45) is -0.00521. The van der Waals surface area contributed by atoms with Crippen molar-refractivity contribution in [2.24, 2.45) is 5.92 Å². The van der Waals surface area contributed by atoms with Gasteiger partial charge in [0, 0.05) is 5.69 Å². The Morgan fingerprint density at radius 1 is 1.12 bits per heavy atom. The Kier molecular flexibility index (Phi) is 7.22. The zero-order valence-corrected chi connectivity index (χ0v) is 15.5. The van der Waals surface area contributed by atoms with Crippen LogP contribution >= 0.6 is 0 Å². The van der Waals surface area contributed by atoms with Crippen molar-refractivity contribution in [2.45, 2.75) is 39.8 Å². The molecule has 140 valence electrons. The van der Waals surface area contributed by atoms with E-state index in [2.05, 4.69) is 10.0 Å². The molecule has 25 heavy (non-hydrogen) atoms. The van der Waals surface area contributed by atoms with Crippen LogP contribution in [0.3, 0.4) is 0 Å². The summed E-state index contributed by atoms with van der Waals surface area (Å²) in [6, 6.07) is 5.10. The Morgan fingerprint density at radius 2 is 1.68 bits per heavy atom. The summed E-state index contributed by atoms with van der Waals surface area (Å²) >= 11 is 0. The Bertz CT molecular complexity index is 698. The number of carboxylic acid groups (broad SMARTS) is 1. The first-order valence-electron chi connectivity index (χ1n) is 7.79. The number of nitrogens with one attached hydrogen (secondary N) is 2. The fourth-order valence-electron chi connectivity index (χ4n) is 1.99. The number of rotatable bonds is 9. The standard InChI is InChI=1S/C16H24N2O6S/c1-10(2)15(16(20)21)17-14(19)9-25(22,23)18-12-5-7-13(8-6-12)24-11(3)4/h5-8,10-11,15,18H,9H2,1-4H3,(H,17,19)(H,20,21)/t15-/m0/s1. The Labute approximate surface area is 147 Å². The molecule has 0 aliphatic rings. The maximum atomic E-state index is 12.0. The number of amides is 1. The highest BCUT2D eigenvalue weighted by Gasteiger charge is 2.26. The molecule has 0 heterocycles. The van der Waals surface area contributed by atoms with E-state index in [1.807, 2.05) is 13.8 Å². The molecular formula is C16H24N2O6S. The van der Waals surface area contributed by atoms with Crippen LogP contribution in [-0.2, 0) is 19.6 Å². The first kappa shape index (κ1) is 20.8. The highest BCUT2D eigenvalue weighted by Crippen LogP contribution is 2.17. The Hall–Kier alpha value is -2.29. The molecule has 0 saturated carbocycles. The molecule has 1 amide bonds. The molecule has 0 spiro atoms. The molecule has 0 aliphatic carbocycles. The number of aliphatic carboxylic acids is 1. The minimum atomic E-state index is -3.96. The van der Waals surface area contributed by atoms with Gasteiger partial charge in [0.1, 0.15) is 17.5 Å².